The molecule has 0 radical (unpaired) electrons. The van der Waals surface area contributed by atoms with Gasteiger partial charge in [-0.05, 0) is 26.7 Å². The van der Waals surface area contributed by atoms with Crippen LogP contribution in [0.25, 0.3) is 0 Å². The SMILES string of the molecule is CCNC(=NCCCOCCOC)NCCCNS(=O)(=O)CC.I. The fraction of sp³-hybridized carbons (Fsp3) is 0.929. The van der Waals surface area contributed by atoms with E-state index in [1.54, 1.807) is 14.0 Å². The van der Waals surface area contributed by atoms with Crippen molar-refractivity contribution in [1.82, 2.24) is 15.4 Å². The highest BCUT2D eigenvalue weighted by Crippen LogP contribution is 1.87. The standard InChI is InChI=1S/C14H32N4O4S.HI/c1-4-15-14(17-9-7-11-22-13-12-21-3)16-8-6-10-18-23(19,20)5-2;/h18H,4-13H2,1-3H3,(H2,15,16,17);1H. The first-order chi connectivity index (χ1) is 11.1. The van der Waals surface area contributed by atoms with Crippen molar-refractivity contribution in [1.29, 1.82) is 0 Å². The monoisotopic (exact) mass is 480 g/mol. The molecule has 146 valence electrons. The fourth-order valence-corrected chi connectivity index (χ4v) is 2.23. The molecular weight excluding hydrogens is 447 g/mol. The average Bonchev–Trinajstić information content (AvgIpc) is 2.53. The van der Waals surface area contributed by atoms with Crippen molar-refractivity contribution in [2.24, 2.45) is 4.99 Å². The molecule has 0 unspecified atom stereocenters. The van der Waals surface area contributed by atoms with Crippen LogP contribution >= 0.6 is 24.0 Å². The summed E-state index contributed by atoms with van der Waals surface area (Å²) in [6, 6.07) is 0. The molecule has 0 heterocycles. The molecule has 0 aromatic rings. The molecule has 0 saturated carbocycles. The quantitative estimate of drug-likeness (QED) is 0.145. The Morgan fingerprint density at radius 2 is 1.79 bits per heavy atom. The highest BCUT2D eigenvalue weighted by atomic mass is 127. The number of ether oxygens (including phenoxy) is 2. The van der Waals surface area contributed by atoms with Gasteiger partial charge in [-0.1, -0.05) is 0 Å². The van der Waals surface area contributed by atoms with Gasteiger partial charge in [0.2, 0.25) is 10.0 Å². The Balaban J connectivity index is 0. The van der Waals surface area contributed by atoms with Crippen molar-refractivity contribution in [2.75, 3.05) is 58.9 Å². The molecule has 0 aliphatic rings. The van der Waals surface area contributed by atoms with E-state index in [4.69, 9.17) is 9.47 Å². The van der Waals surface area contributed by atoms with E-state index in [0.29, 0.717) is 45.9 Å². The molecule has 0 bridgehead atoms. The number of sulfonamides is 1. The Labute approximate surface area is 163 Å². The summed E-state index contributed by atoms with van der Waals surface area (Å²) < 4.78 is 35.4. The zero-order valence-electron chi connectivity index (χ0n) is 15.0. The minimum atomic E-state index is -3.10. The fourth-order valence-electron chi connectivity index (χ4n) is 1.57. The molecule has 10 heteroatoms. The van der Waals surface area contributed by atoms with Crippen molar-refractivity contribution in [3.8, 4) is 0 Å². The number of methoxy groups -OCH3 is 1. The lowest BCUT2D eigenvalue weighted by atomic mass is 10.4. The van der Waals surface area contributed by atoms with E-state index in [0.717, 1.165) is 18.9 Å². The van der Waals surface area contributed by atoms with E-state index in [1.807, 2.05) is 6.92 Å². The van der Waals surface area contributed by atoms with Crippen LogP contribution in [0.4, 0.5) is 0 Å². The van der Waals surface area contributed by atoms with E-state index < -0.39 is 10.0 Å². The summed E-state index contributed by atoms with van der Waals surface area (Å²) in [5.74, 6) is 0.847. The van der Waals surface area contributed by atoms with Gasteiger partial charge in [-0.2, -0.15) is 0 Å². The third-order valence-corrected chi connectivity index (χ3v) is 4.24. The van der Waals surface area contributed by atoms with Gasteiger partial charge in [0.25, 0.3) is 0 Å². The number of nitrogens with zero attached hydrogens (tertiary/aromatic N) is 1. The minimum absolute atomic E-state index is 0. The Bertz CT molecular complexity index is 408. The molecule has 0 spiro atoms. The van der Waals surface area contributed by atoms with E-state index in [9.17, 15) is 8.42 Å². The van der Waals surface area contributed by atoms with Crippen molar-refractivity contribution in [2.45, 2.75) is 26.7 Å². The molecule has 8 nitrogen and oxygen atoms in total. The first-order valence-corrected chi connectivity index (χ1v) is 9.77. The van der Waals surface area contributed by atoms with Gasteiger partial charge in [0.15, 0.2) is 5.96 Å². The molecule has 0 aliphatic carbocycles. The van der Waals surface area contributed by atoms with Gasteiger partial charge in [-0.15, -0.1) is 24.0 Å². The van der Waals surface area contributed by atoms with Crippen LogP contribution in [0.15, 0.2) is 4.99 Å². The van der Waals surface area contributed by atoms with Crippen molar-refractivity contribution in [3.05, 3.63) is 0 Å². The topological polar surface area (TPSA) is 101 Å². The molecular formula is C14H33IN4O4S. The molecule has 0 aromatic heterocycles. The van der Waals surface area contributed by atoms with Crippen LogP contribution in [0.5, 0.6) is 0 Å². The lowest BCUT2D eigenvalue weighted by Gasteiger charge is -2.11. The smallest absolute Gasteiger partial charge is 0.211 e. The van der Waals surface area contributed by atoms with Gasteiger partial charge >= 0.3 is 0 Å². The third kappa shape index (κ3) is 16.7. The second-order valence-corrected chi connectivity index (χ2v) is 6.89. The zero-order chi connectivity index (χ0) is 17.4. The van der Waals surface area contributed by atoms with Crippen LogP contribution in [0.3, 0.4) is 0 Å². The number of nitrogens with one attached hydrogen (secondary N) is 3. The summed E-state index contributed by atoms with van der Waals surface area (Å²) in [6.45, 7) is 8.02. The molecule has 24 heavy (non-hydrogen) atoms. The van der Waals surface area contributed by atoms with Gasteiger partial charge in [-0.3, -0.25) is 4.99 Å². The number of hydrogen-bond acceptors (Lipinski definition) is 5. The van der Waals surface area contributed by atoms with Gasteiger partial charge in [0.1, 0.15) is 0 Å². The van der Waals surface area contributed by atoms with Crippen LogP contribution < -0.4 is 15.4 Å². The molecule has 0 rings (SSSR count). The van der Waals surface area contributed by atoms with Gasteiger partial charge in [0.05, 0.1) is 19.0 Å². The highest BCUT2D eigenvalue weighted by molar-refractivity contribution is 14.0. The lowest BCUT2D eigenvalue weighted by Crippen LogP contribution is -2.39. The molecule has 3 N–H and O–H groups in total. The Kier molecular flexibility index (Phi) is 19.2. The minimum Gasteiger partial charge on any atom is -0.382 e. The molecule has 0 fully saturated rings. The molecule has 0 atom stereocenters. The number of hydrogen-bond donors (Lipinski definition) is 3. The van der Waals surface area contributed by atoms with Crippen LogP contribution in [0.1, 0.15) is 26.7 Å². The largest absolute Gasteiger partial charge is 0.382 e. The zero-order valence-corrected chi connectivity index (χ0v) is 18.1. The number of halogens is 1. The second-order valence-electron chi connectivity index (χ2n) is 4.80. The van der Waals surface area contributed by atoms with Crippen molar-refractivity contribution < 1.29 is 17.9 Å². The van der Waals surface area contributed by atoms with E-state index >= 15 is 0 Å². The predicted octanol–water partition coefficient (Wildman–Crippen LogP) is 0.542. The first-order valence-electron chi connectivity index (χ1n) is 8.12. The van der Waals surface area contributed by atoms with Gasteiger partial charge < -0.3 is 20.1 Å². The van der Waals surface area contributed by atoms with E-state index in [-0.39, 0.29) is 29.7 Å². The molecule has 0 aliphatic heterocycles. The summed E-state index contributed by atoms with van der Waals surface area (Å²) in [7, 11) is -1.46. The molecule has 0 amide bonds. The van der Waals surface area contributed by atoms with Crippen LogP contribution in [0.2, 0.25) is 0 Å². The Morgan fingerprint density at radius 1 is 1.04 bits per heavy atom. The maximum absolute atomic E-state index is 11.3. The number of aliphatic imine (C=N–C) groups is 1. The van der Waals surface area contributed by atoms with Crippen LogP contribution in [0, 0.1) is 0 Å². The lowest BCUT2D eigenvalue weighted by molar-refractivity contribution is 0.0702. The van der Waals surface area contributed by atoms with Crippen LogP contribution in [-0.4, -0.2) is 73.2 Å². The van der Waals surface area contributed by atoms with Crippen LogP contribution in [-0.2, 0) is 19.5 Å². The Hall–Kier alpha value is -0.170. The first kappa shape index (κ1) is 26.1. The summed E-state index contributed by atoms with van der Waals surface area (Å²) in [4.78, 5) is 4.44. The number of rotatable bonds is 14. The Morgan fingerprint density at radius 3 is 2.42 bits per heavy atom. The summed E-state index contributed by atoms with van der Waals surface area (Å²) >= 11 is 0. The number of guanidine groups is 1. The summed E-state index contributed by atoms with van der Waals surface area (Å²) in [5.41, 5.74) is 0. The summed E-state index contributed by atoms with van der Waals surface area (Å²) in [5, 5.41) is 6.33. The molecule has 0 aromatic carbocycles. The van der Waals surface area contributed by atoms with E-state index in [1.165, 1.54) is 0 Å². The van der Waals surface area contributed by atoms with Crippen molar-refractivity contribution in [3.63, 3.8) is 0 Å². The van der Waals surface area contributed by atoms with E-state index in [2.05, 4.69) is 20.3 Å². The highest BCUT2D eigenvalue weighted by Gasteiger charge is 2.04. The predicted molar refractivity (Wildman–Crippen MR) is 109 cm³/mol. The van der Waals surface area contributed by atoms with Gasteiger partial charge in [-0.25, -0.2) is 13.1 Å². The average molecular weight is 480 g/mol. The van der Waals surface area contributed by atoms with Crippen molar-refractivity contribution >= 4 is 40.0 Å². The maximum atomic E-state index is 11.3. The van der Waals surface area contributed by atoms with Gasteiger partial charge in [0, 0.05) is 39.9 Å². The maximum Gasteiger partial charge on any atom is 0.211 e. The molecule has 0 saturated heterocycles. The summed E-state index contributed by atoms with van der Waals surface area (Å²) in [6.07, 6.45) is 1.54. The second kappa shape index (κ2) is 17.6. The third-order valence-electron chi connectivity index (χ3n) is 2.84. The normalized spacial score (nSPS) is 11.9.